The average Bonchev–Trinajstić information content (AvgIpc) is 1.94. The Hall–Kier alpha value is -0.940. The quantitative estimate of drug-likeness (QED) is 0.582. The Balaban J connectivity index is 2.81. The Morgan fingerprint density at radius 1 is 1.70 bits per heavy atom. The van der Waals surface area contributed by atoms with E-state index in [2.05, 4.69) is 0 Å². The monoisotopic (exact) mass is 155 g/mol. The molecule has 0 heterocycles. The smallest absolute Gasteiger partial charge is 0.110 e. The van der Waals surface area contributed by atoms with Crippen molar-refractivity contribution in [3.8, 4) is 6.07 Å². The van der Waals surface area contributed by atoms with Crippen LogP contribution in [0.5, 0.6) is 0 Å². The minimum Gasteiger partial charge on any atom is -0.511 e. The maximum Gasteiger partial charge on any atom is 0.110 e. The molecule has 52 valence electrons. The van der Waals surface area contributed by atoms with Crippen LogP contribution in [0.1, 0.15) is 6.42 Å². The molecule has 1 rings (SSSR count). The number of aliphatic hydroxyl groups excluding tert-OH is 1. The number of allylic oxidation sites excluding steroid dienone is 4. The van der Waals surface area contributed by atoms with E-state index in [1.54, 1.807) is 6.08 Å². The summed E-state index contributed by atoms with van der Waals surface area (Å²) < 4.78 is 0. The maximum atomic E-state index is 9.02. The number of hydrogen-bond acceptors (Lipinski definition) is 2. The van der Waals surface area contributed by atoms with Gasteiger partial charge >= 0.3 is 0 Å². The molecule has 0 aromatic carbocycles. The summed E-state index contributed by atoms with van der Waals surface area (Å²) in [5.41, 5.74) is 0. The van der Waals surface area contributed by atoms with E-state index in [1.165, 1.54) is 6.08 Å². The second-order valence-corrected chi connectivity index (χ2v) is 2.58. The van der Waals surface area contributed by atoms with Gasteiger partial charge in [0.2, 0.25) is 0 Å². The molecular formula is C7H6ClNO. The Morgan fingerprint density at radius 3 is 2.90 bits per heavy atom. The third kappa shape index (κ3) is 1.31. The second kappa shape index (κ2) is 2.76. The van der Waals surface area contributed by atoms with E-state index in [0.29, 0.717) is 11.5 Å². The van der Waals surface area contributed by atoms with Crippen molar-refractivity contribution in [1.82, 2.24) is 0 Å². The first-order chi connectivity index (χ1) is 4.74. The van der Waals surface area contributed by atoms with Gasteiger partial charge in [-0.15, -0.1) is 0 Å². The lowest BCUT2D eigenvalue weighted by atomic mass is 10.0. The fraction of sp³-hybridized carbons (Fsp3) is 0.286. The molecule has 3 heteroatoms. The minimum atomic E-state index is -0.447. The molecule has 0 amide bonds. The summed E-state index contributed by atoms with van der Waals surface area (Å²) in [7, 11) is 0. The van der Waals surface area contributed by atoms with Crippen LogP contribution in [0.4, 0.5) is 0 Å². The summed E-state index contributed by atoms with van der Waals surface area (Å²) in [5.74, 6) is -0.343. The Morgan fingerprint density at radius 2 is 2.40 bits per heavy atom. The predicted molar refractivity (Wildman–Crippen MR) is 38.4 cm³/mol. The molecule has 1 aliphatic rings. The Bertz CT molecular complexity index is 236. The molecule has 0 spiro atoms. The van der Waals surface area contributed by atoms with Gasteiger partial charge in [-0.25, -0.2) is 0 Å². The molecule has 0 bridgehead atoms. The molecule has 1 N–H and O–H groups in total. The van der Waals surface area contributed by atoms with Gasteiger partial charge in [0.05, 0.1) is 6.07 Å². The Labute approximate surface area is 64.0 Å². The van der Waals surface area contributed by atoms with Gasteiger partial charge in [0, 0.05) is 11.5 Å². The van der Waals surface area contributed by atoms with Crippen molar-refractivity contribution in [2.24, 2.45) is 5.92 Å². The van der Waals surface area contributed by atoms with Gasteiger partial charge in [-0.1, -0.05) is 11.6 Å². The van der Waals surface area contributed by atoms with Gasteiger partial charge in [-0.05, 0) is 12.2 Å². The van der Waals surface area contributed by atoms with Crippen molar-refractivity contribution in [2.75, 3.05) is 0 Å². The lowest BCUT2D eigenvalue weighted by Gasteiger charge is -2.10. The van der Waals surface area contributed by atoms with Gasteiger partial charge in [0.1, 0.15) is 11.7 Å². The van der Waals surface area contributed by atoms with Gasteiger partial charge < -0.3 is 5.11 Å². The third-order valence-electron chi connectivity index (χ3n) is 1.35. The predicted octanol–water partition coefficient (Wildman–Crippen LogP) is 2.09. The molecular weight excluding hydrogens is 150 g/mol. The molecule has 0 aromatic heterocycles. The number of nitriles is 1. The lowest BCUT2D eigenvalue weighted by Crippen LogP contribution is -2.03. The number of nitrogens with zero attached hydrogens (tertiary/aromatic N) is 1. The zero-order valence-corrected chi connectivity index (χ0v) is 5.97. The van der Waals surface area contributed by atoms with E-state index in [1.807, 2.05) is 6.07 Å². The molecule has 0 radical (unpaired) electrons. The third-order valence-corrected chi connectivity index (χ3v) is 1.63. The van der Waals surface area contributed by atoms with Crippen LogP contribution in [-0.4, -0.2) is 5.11 Å². The first-order valence-corrected chi connectivity index (χ1v) is 3.26. The molecule has 0 fully saturated rings. The highest BCUT2D eigenvalue weighted by Crippen LogP contribution is 2.24. The molecule has 0 saturated carbocycles. The van der Waals surface area contributed by atoms with Crippen LogP contribution in [0.25, 0.3) is 0 Å². The van der Waals surface area contributed by atoms with Crippen LogP contribution >= 0.6 is 11.6 Å². The van der Waals surface area contributed by atoms with E-state index in [9.17, 15) is 0 Å². The highest BCUT2D eigenvalue weighted by atomic mass is 35.5. The molecule has 1 atom stereocenters. The summed E-state index contributed by atoms with van der Waals surface area (Å²) in [6.45, 7) is 0. The van der Waals surface area contributed by atoms with Gasteiger partial charge in [0.15, 0.2) is 0 Å². The van der Waals surface area contributed by atoms with Crippen LogP contribution in [0, 0.1) is 17.2 Å². The van der Waals surface area contributed by atoms with Gasteiger partial charge in [-0.3, -0.25) is 0 Å². The standard InChI is InChI=1S/C7H6ClNO/c8-6-1-2-7(10)5(3-6)4-9/h1-2,5,10H,3H2. The van der Waals surface area contributed by atoms with Crippen molar-refractivity contribution in [1.29, 1.82) is 5.26 Å². The van der Waals surface area contributed by atoms with Crippen LogP contribution in [0.15, 0.2) is 22.9 Å². The maximum absolute atomic E-state index is 9.02. The second-order valence-electron chi connectivity index (χ2n) is 2.09. The molecule has 1 aliphatic carbocycles. The van der Waals surface area contributed by atoms with Crippen LogP contribution in [0.3, 0.4) is 0 Å². The van der Waals surface area contributed by atoms with E-state index >= 15 is 0 Å². The molecule has 0 aliphatic heterocycles. The average molecular weight is 156 g/mol. The summed E-state index contributed by atoms with van der Waals surface area (Å²) in [4.78, 5) is 0. The van der Waals surface area contributed by atoms with Crippen LogP contribution < -0.4 is 0 Å². The molecule has 1 unspecified atom stereocenters. The first-order valence-electron chi connectivity index (χ1n) is 2.89. The summed E-state index contributed by atoms with van der Waals surface area (Å²) in [6, 6.07) is 1.94. The van der Waals surface area contributed by atoms with Gasteiger partial charge in [0.25, 0.3) is 0 Å². The van der Waals surface area contributed by atoms with Crippen molar-refractivity contribution in [2.45, 2.75) is 6.42 Å². The van der Waals surface area contributed by atoms with E-state index < -0.39 is 5.92 Å². The fourth-order valence-electron chi connectivity index (χ4n) is 0.771. The zero-order valence-electron chi connectivity index (χ0n) is 5.21. The van der Waals surface area contributed by atoms with Crippen molar-refractivity contribution >= 4 is 11.6 Å². The molecule has 10 heavy (non-hydrogen) atoms. The Kier molecular flexibility index (Phi) is 1.98. The summed E-state index contributed by atoms with van der Waals surface area (Å²) in [6.07, 6.45) is 3.49. The zero-order chi connectivity index (χ0) is 7.56. The first kappa shape index (κ1) is 7.17. The number of aliphatic hydroxyl groups is 1. The van der Waals surface area contributed by atoms with Crippen molar-refractivity contribution in [3.05, 3.63) is 22.9 Å². The normalized spacial score (nSPS) is 24.6. The molecule has 2 nitrogen and oxygen atoms in total. The highest BCUT2D eigenvalue weighted by molar-refractivity contribution is 6.29. The highest BCUT2D eigenvalue weighted by Gasteiger charge is 2.16. The van der Waals surface area contributed by atoms with Gasteiger partial charge in [-0.2, -0.15) is 5.26 Å². The van der Waals surface area contributed by atoms with E-state index in [-0.39, 0.29) is 5.76 Å². The number of halogens is 1. The number of rotatable bonds is 0. The van der Waals surface area contributed by atoms with Crippen LogP contribution in [0.2, 0.25) is 0 Å². The summed E-state index contributed by atoms with van der Waals surface area (Å²) in [5, 5.41) is 18.1. The molecule has 0 saturated heterocycles. The number of hydrogen-bond donors (Lipinski definition) is 1. The van der Waals surface area contributed by atoms with Crippen molar-refractivity contribution < 1.29 is 5.11 Å². The lowest BCUT2D eigenvalue weighted by molar-refractivity contribution is 0.357. The largest absolute Gasteiger partial charge is 0.511 e. The topological polar surface area (TPSA) is 44.0 Å². The van der Waals surface area contributed by atoms with E-state index in [4.69, 9.17) is 22.0 Å². The van der Waals surface area contributed by atoms with Crippen molar-refractivity contribution in [3.63, 3.8) is 0 Å². The minimum absolute atomic E-state index is 0.104. The fourth-order valence-corrected chi connectivity index (χ4v) is 0.989. The SMILES string of the molecule is N#CC1CC(Cl)=CC=C1O. The van der Waals surface area contributed by atoms with E-state index in [0.717, 1.165) is 0 Å². The van der Waals surface area contributed by atoms with Crippen LogP contribution in [-0.2, 0) is 0 Å². The summed E-state index contributed by atoms with van der Waals surface area (Å²) >= 11 is 5.61. The molecule has 0 aromatic rings.